The average Bonchev–Trinajstić information content (AvgIpc) is 2.68. The van der Waals surface area contributed by atoms with E-state index >= 15 is 0 Å². The fourth-order valence-electron chi connectivity index (χ4n) is 2.51. The molecule has 0 aliphatic carbocycles. The first kappa shape index (κ1) is 19.5. The predicted octanol–water partition coefficient (Wildman–Crippen LogP) is 5.19. The second-order valence-electron chi connectivity index (χ2n) is 5.67. The van der Waals surface area contributed by atoms with E-state index in [0.29, 0.717) is 17.6 Å². The van der Waals surface area contributed by atoms with Crippen molar-refractivity contribution in [2.75, 3.05) is 19.5 Å². The fraction of sp³-hybridized carbons (Fsp3) is 0.200. The minimum atomic E-state index is 0.465. The van der Waals surface area contributed by atoms with E-state index in [-0.39, 0.29) is 0 Å². The van der Waals surface area contributed by atoms with Crippen molar-refractivity contribution in [3.05, 3.63) is 58.7 Å². The van der Waals surface area contributed by atoms with Crippen LogP contribution < -0.4 is 15.2 Å². The summed E-state index contributed by atoms with van der Waals surface area (Å²) < 4.78 is 11.6. The molecule has 0 aliphatic rings. The van der Waals surface area contributed by atoms with E-state index in [1.165, 1.54) is 11.8 Å². The molecule has 0 atom stereocenters. The van der Waals surface area contributed by atoms with Crippen LogP contribution in [0.5, 0.6) is 11.5 Å². The van der Waals surface area contributed by atoms with Crippen LogP contribution in [0.25, 0.3) is 11.1 Å². The van der Waals surface area contributed by atoms with E-state index < -0.39 is 0 Å². The highest BCUT2D eigenvalue weighted by Crippen LogP contribution is 2.30. The third kappa shape index (κ3) is 4.93. The third-order valence-electron chi connectivity index (χ3n) is 3.86. The number of anilines is 1. The number of aromatic nitrogens is 2. The van der Waals surface area contributed by atoms with Gasteiger partial charge in [0.1, 0.15) is 17.3 Å². The molecule has 2 aromatic carbocycles. The molecule has 0 saturated heterocycles. The van der Waals surface area contributed by atoms with E-state index in [2.05, 4.69) is 25.9 Å². The Morgan fingerprint density at radius 3 is 2.56 bits per heavy atom. The van der Waals surface area contributed by atoms with Gasteiger partial charge in [0.2, 0.25) is 0 Å². The van der Waals surface area contributed by atoms with Crippen LogP contribution in [0.2, 0.25) is 0 Å². The van der Waals surface area contributed by atoms with Crippen molar-refractivity contribution in [3.8, 4) is 22.6 Å². The van der Waals surface area contributed by atoms with Crippen LogP contribution in [0.15, 0.2) is 58.3 Å². The van der Waals surface area contributed by atoms with Crippen molar-refractivity contribution in [2.45, 2.75) is 17.8 Å². The van der Waals surface area contributed by atoms with E-state index in [9.17, 15) is 0 Å². The van der Waals surface area contributed by atoms with Gasteiger partial charge in [-0.25, -0.2) is 9.97 Å². The molecule has 1 aromatic heterocycles. The van der Waals surface area contributed by atoms with Crippen LogP contribution >= 0.6 is 27.7 Å². The minimum absolute atomic E-state index is 0.465. The lowest BCUT2D eigenvalue weighted by atomic mass is 10.1. The van der Waals surface area contributed by atoms with E-state index in [4.69, 9.17) is 15.2 Å². The van der Waals surface area contributed by atoms with Gasteiger partial charge in [-0.05, 0) is 58.2 Å². The lowest BCUT2D eigenvalue weighted by molar-refractivity contribution is 0.340. The topological polar surface area (TPSA) is 70.3 Å². The molecule has 0 radical (unpaired) electrons. The quantitative estimate of drug-likeness (QED) is 0.398. The van der Waals surface area contributed by atoms with Crippen molar-refractivity contribution in [2.24, 2.45) is 0 Å². The van der Waals surface area contributed by atoms with E-state index in [1.54, 1.807) is 13.3 Å². The molecule has 0 fully saturated rings. The molecule has 3 aromatic rings. The number of thioether (sulfide) groups is 1. The van der Waals surface area contributed by atoms with Gasteiger partial charge >= 0.3 is 0 Å². The van der Waals surface area contributed by atoms with Crippen molar-refractivity contribution < 1.29 is 9.47 Å². The predicted molar refractivity (Wildman–Crippen MR) is 113 cm³/mol. The highest BCUT2D eigenvalue weighted by atomic mass is 79.9. The third-order valence-corrected chi connectivity index (χ3v) is 5.41. The number of nitrogen functional groups attached to an aromatic ring is 1. The maximum atomic E-state index is 6.16. The van der Waals surface area contributed by atoms with Crippen LogP contribution in [0.3, 0.4) is 0 Å². The molecule has 0 bridgehead atoms. The zero-order chi connectivity index (χ0) is 19.2. The Hall–Kier alpha value is -2.25. The highest BCUT2D eigenvalue weighted by Gasteiger charge is 2.09. The molecule has 1 heterocycles. The summed E-state index contributed by atoms with van der Waals surface area (Å²) in [6.45, 7) is 2.60. The molecule has 0 aliphatic heterocycles. The first-order valence-electron chi connectivity index (χ1n) is 8.41. The molecule has 0 amide bonds. The second-order valence-corrected chi connectivity index (χ2v) is 7.46. The van der Waals surface area contributed by atoms with Gasteiger partial charge in [-0.3, -0.25) is 0 Å². The standard InChI is InChI=1S/C20H20BrN3O2S/c1-3-26-15-7-5-14(6-8-15)16-11-23-20(24-19(16)22)27-12-13-4-9-18(25-2)17(21)10-13/h4-11H,3,12H2,1-2H3,(H2,22,23,24). The van der Waals surface area contributed by atoms with Gasteiger partial charge in [-0.2, -0.15) is 0 Å². The zero-order valence-corrected chi connectivity index (χ0v) is 17.5. The van der Waals surface area contributed by atoms with Gasteiger partial charge in [0, 0.05) is 17.5 Å². The number of benzene rings is 2. The van der Waals surface area contributed by atoms with Crippen molar-refractivity contribution in [3.63, 3.8) is 0 Å². The largest absolute Gasteiger partial charge is 0.496 e. The number of methoxy groups -OCH3 is 1. The molecule has 27 heavy (non-hydrogen) atoms. The molecule has 140 valence electrons. The number of nitrogens with zero attached hydrogens (tertiary/aromatic N) is 2. The summed E-state index contributed by atoms with van der Waals surface area (Å²) in [5.41, 5.74) is 9.08. The Kier molecular flexibility index (Phi) is 6.58. The van der Waals surface area contributed by atoms with Crippen molar-refractivity contribution >= 4 is 33.5 Å². The van der Waals surface area contributed by atoms with E-state index in [0.717, 1.165) is 38.4 Å². The fourth-order valence-corrected chi connectivity index (χ4v) is 3.87. The van der Waals surface area contributed by atoms with Crippen LogP contribution in [0.4, 0.5) is 5.82 Å². The van der Waals surface area contributed by atoms with Crippen LogP contribution in [-0.2, 0) is 5.75 Å². The van der Waals surface area contributed by atoms with Gasteiger partial charge in [-0.15, -0.1) is 0 Å². The molecular weight excluding hydrogens is 426 g/mol. The summed E-state index contributed by atoms with van der Waals surface area (Å²) in [6, 6.07) is 13.7. The Labute approximate surface area is 171 Å². The van der Waals surface area contributed by atoms with Crippen LogP contribution in [0.1, 0.15) is 12.5 Å². The molecule has 0 saturated carbocycles. The first-order chi connectivity index (χ1) is 13.1. The molecule has 5 nitrogen and oxygen atoms in total. The number of hydrogen-bond donors (Lipinski definition) is 1. The Balaban J connectivity index is 1.70. The van der Waals surface area contributed by atoms with E-state index in [1.807, 2.05) is 49.4 Å². The first-order valence-corrected chi connectivity index (χ1v) is 10.2. The normalized spacial score (nSPS) is 10.6. The maximum Gasteiger partial charge on any atom is 0.189 e. The Morgan fingerprint density at radius 2 is 1.93 bits per heavy atom. The number of nitrogens with two attached hydrogens (primary N) is 1. The Bertz CT molecular complexity index is 920. The van der Waals surface area contributed by atoms with Crippen molar-refractivity contribution in [1.29, 1.82) is 0 Å². The molecule has 7 heteroatoms. The Morgan fingerprint density at radius 1 is 1.15 bits per heavy atom. The van der Waals surface area contributed by atoms with Gasteiger partial charge in [0.15, 0.2) is 5.16 Å². The maximum absolute atomic E-state index is 6.16. The summed E-state index contributed by atoms with van der Waals surface area (Å²) in [6.07, 6.45) is 1.77. The SMILES string of the molecule is CCOc1ccc(-c2cnc(SCc3ccc(OC)c(Br)c3)nc2N)cc1. The van der Waals surface area contributed by atoms with Crippen LogP contribution in [0, 0.1) is 0 Å². The minimum Gasteiger partial charge on any atom is -0.496 e. The molecule has 2 N–H and O–H groups in total. The molecule has 3 rings (SSSR count). The van der Waals surface area contributed by atoms with Gasteiger partial charge in [0.05, 0.1) is 18.2 Å². The smallest absolute Gasteiger partial charge is 0.189 e. The second kappa shape index (κ2) is 9.10. The monoisotopic (exact) mass is 445 g/mol. The number of rotatable bonds is 7. The highest BCUT2D eigenvalue weighted by molar-refractivity contribution is 9.10. The van der Waals surface area contributed by atoms with Gasteiger partial charge in [0.25, 0.3) is 0 Å². The summed E-state index contributed by atoms with van der Waals surface area (Å²) >= 11 is 5.04. The molecule has 0 unspecified atom stereocenters. The van der Waals surface area contributed by atoms with Gasteiger partial charge < -0.3 is 15.2 Å². The summed E-state index contributed by atoms with van der Waals surface area (Å²) in [7, 11) is 1.65. The average molecular weight is 446 g/mol. The zero-order valence-electron chi connectivity index (χ0n) is 15.1. The molecule has 0 spiro atoms. The van der Waals surface area contributed by atoms with Crippen molar-refractivity contribution in [1.82, 2.24) is 9.97 Å². The summed E-state index contributed by atoms with van der Waals surface area (Å²) in [5, 5.41) is 0.647. The van der Waals surface area contributed by atoms with Gasteiger partial charge in [-0.1, -0.05) is 30.0 Å². The van der Waals surface area contributed by atoms with Crippen LogP contribution in [-0.4, -0.2) is 23.7 Å². The lowest BCUT2D eigenvalue weighted by Gasteiger charge is -2.09. The number of ether oxygens (including phenoxy) is 2. The lowest BCUT2D eigenvalue weighted by Crippen LogP contribution is -1.98. The molecular formula is C20H20BrN3O2S. The number of halogens is 1. The summed E-state index contributed by atoms with van der Waals surface area (Å²) in [5.74, 6) is 2.85. The summed E-state index contributed by atoms with van der Waals surface area (Å²) in [4.78, 5) is 8.89. The number of hydrogen-bond acceptors (Lipinski definition) is 6.